The van der Waals surface area contributed by atoms with Crippen LogP contribution in [0.4, 0.5) is 5.69 Å². The van der Waals surface area contributed by atoms with Crippen molar-refractivity contribution >= 4 is 23.0 Å². The van der Waals surface area contributed by atoms with Crippen molar-refractivity contribution in [2.45, 2.75) is 6.17 Å². The number of benzodiazepines with no additional fused rings is 1. The fourth-order valence-electron chi connectivity index (χ4n) is 2.51. The van der Waals surface area contributed by atoms with Gasteiger partial charge in [0.2, 0.25) is 0 Å². The molecule has 0 saturated carbocycles. The number of fused-ring (bicyclic) bond motifs is 1. The standard InChI is InChI=1S/C16H16ClN3/c1-20-10-15(18)19-16(11-5-3-2-4-6-11)13-9-12(17)7-8-14(13)20/h2-9,15H,10,18H2,1H3. The Labute approximate surface area is 123 Å². The van der Waals surface area contributed by atoms with Gasteiger partial charge in [-0.1, -0.05) is 41.9 Å². The molecule has 102 valence electrons. The van der Waals surface area contributed by atoms with Crippen molar-refractivity contribution in [1.82, 2.24) is 0 Å². The predicted molar refractivity (Wildman–Crippen MR) is 84.8 cm³/mol. The van der Waals surface area contributed by atoms with Gasteiger partial charge in [0.1, 0.15) is 6.17 Å². The highest BCUT2D eigenvalue weighted by atomic mass is 35.5. The number of likely N-dealkylation sites (N-methyl/N-ethyl adjacent to an activating group) is 1. The molecule has 2 aromatic carbocycles. The zero-order valence-corrected chi connectivity index (χ0v) is 12.0. The maximum Gasteiger partial charge on any atom is 0.115 e. The number of rotatable bonds is 1. The third kappa shape index (κ3) is 2.42. The van der Waals surface area contributed by atoms with E-state index in [9.17, 15) is 0 Å². The molecule has 0 aromatic heterocycles. The van der Waals surface area contributed by atoms with Crippen LogP contribution < -0.4 is 10.6 Å². The number of anilines is 1. The lowest BCUT2D eigenvalue weighted by atomic mass is 10.0. The number of hydrogen-bond acceptors (Lipinski definition) is 3. The number of nitrogens with two attached hydrogens (primary N) is 1. The molecule has 20 heavy (non-hydrogen) atoms. The van der Waals surface area contributed by atoms with Gasteiger partial charge in [-0.2, -0.15) is 0 Å². The lowest BCUT2D eigenvalue weighted by Gasteiger charge is -2.20. The van der Waals surface area contributed by atoms with Crippen LogP contribution in [0.25, 0.3) is 0 Å². The molecule has 2 aromatic rings. The molecule has 3 rings (SSSR count). The lowest BCUT2D eigenvalue weighted by molar-refractivity contribution is 0.697. The number of halogens is 1. The van der Waals surface area contributed by atoms with E-state index in [1.54, 1.807) is 0 Å². The minimum absolute atomic E-state index is 0.249. The van der Waals surface area contributed by atoms with Gasteiger partial charge in [0.25, 0.3) is 0 Å². The summed E-state index contributed by atoms with van der Waals surface area (Å²) >= 11 is 6.16. The van der Waals surface area contributed by atoms with E-state index in [4.69, 9.17) is 17.3 Å². The quantitative estimate of drug-likeness (QED) is 0.875. The summed E-state index contributed by atoms with van der Waals surface area (Å²) in [5, 5.41) is 0.705. The molecule has 3 nitrogen and oxygen atoms in total. The van der Waals surface area contributed by atoms with Gasteiger partial charge in [0, 0.05) is 28.9 Å². The largest absolute Gasteiger partial charge is 0.371 e. The first-order valence-electron chi connectivity index (χ1n) is 6.55. The summed E-state index contributed by atoms with van der Waals surface area (Å²) < 4.78 is 0. The smallest absolute Gasteiger partial charge is 0.115 e. The van der Waals surface area contributed by atoms with Crippen LogP contribution in [0.1, 0.15) is 11.1 Å². The molecule has 0 fully saturated rings. The van der Waals surface area contributed by atoms with Crippen LogP contribution in [0, 0.1) is 0 Å². The van der Waals surface area contributed by atoms with Crippen LogP contribution in [0.15, 0.2) is 53.5 Å². The Bertz CT molecular complexity index is 652. The van der Waals surface area contributed by atoms with Crippen molar-refractivity contribution in [3.05, 3.63) is 64.7 Å². The average molecular weight is 286 g/mol. The molecule has 1 heterocycles. The first-order chi connectivity index (χ1) is 9.65. The maximum atomic E-state index is 6.16. The van der Waals surface area contributed by atoms with Crippen molar-refractivity contribution in [2.24, 2.45) is 10.7 Å². The van der Waals surface area contributed by atoms with Gasteiger partial charge < -0.3 is 10.6 Å². The van der Waals surface area contributed by atoms with Gasteiger partial charge in [-0.3, -0.25) is 4.99 Å². The van der Waals surface area contributed by atoms with E-state index >= 15 is 0 Å². The Kier molecular flexibility index (Phi) is 3.47. The van der Waals surface area contributed by atoms with Crippen molar-refractivity contribution in [2.75, 3.05) is 18.5 Å². The average Bonchev–Trinajstić information content (AvgIpc) is 2.56. The SMILES string of the molecule is CN1CC(N)N=C(c2ccccc2)c2cc(Cl)ccc21. The summed E-state index contributed by atoms with van der Waals surface area (Å²) in [5.41, 5.74) is 10.2. The van der Waals surface area contributed by atoms with E-state index in [0.717, 1.165) is 22.5 Å². The van der Waals surface area contributed by atoms with Gasteiger partial charge in [-0.15, -0.1) is 0 Å². The molecular weight excluding hydrogens is 270 g/mol. The predicted octanol–water partition coefficient (Wildman–Crippen LogP) is 2.91. The minimum Gasteiger partial charge on any atom is -0.371 e. The normalized spacial score (nSPS) is 18.2. The molecule has 1 aliphatic heterocycles. The number of hydrogen-bond donors (Lipinski definition) is 1. The topological polar surface area (TPSA) is 41.6 Å². The van der Waals surface area contributed by atoms with Crippen molar-refractivity contribution in [3.8, 4) is 0 Å². The molecule has 1 atom stereocenters. The maximum absolute atomic E-state index is 6.16. The summed E-state index contributed by atoms with van der Waals surface area (Å²) in [6.45, 7) is 0.685. The van der Waals surface area contributed by atoms with E-state index in [2.05, 4.69) is 9.89 Å². The van der Waals surface area contributed by atoms with E-state index in [-0.39, 0.29) is 6.17 Å². The minimum atomic E-state index is -0.249. The van der Waals surface area contributed by atoms with Crippen LogP contribution in [0.5, 0.6) is 0 Å². The van der Waals surface area contributed by atoms with Crippen LogP contribution >= 0.6 is 11.6 Å². The summed E-state index contributed by atoms with van der Waals surface area (Å²) in [5.74, 6) is 0. The molecule has 0 spiro atoms. The molecule has 0 aliphatic carbocycles. The van der Waals surface area contributed by atoms with Gasteiger partial charge in [0.15, 0.2) is 0 Å². The fourth-order valence-corrected chi connectivity index (χ4v) is 2.68. The van der Waals surface area contributed by atoms with Gasteiger partial charge >= 0.3 is 0 Å². The van der Waals surface area contributed by atoms with Crippen molar-refractivity contribution in [1.29, 1.82) is 0 Å². The molecule has 1 unspecified atom stereocenters. The molecule has 0 amide bonds. The summed E-state index contributed by atoms with van der Waals surface area (Å²) in [6, 6.07) is 16.0. The molecule has 1 aliphatic rings. The summed E-state index contributed by atoms with van der Waals surface area (Å²) in [7, 11) is 2.02. The highest BCUT2D eigenvalue weighted by molar-refractivity contribution is 6.31. The van der Waals surface area contributed by atoms with Crippen LogP contribution in [-0.2, 0) is 0 Å². The van der Waals surface area contributed by atoms with E-state index < -0.39 is 0 Å². The van der Waals surface area contributed by atoms with E-state index in [1.165, 1.54) is 0 Å². The van der Waals surface area contributed by atoms with Crippen LogP contribution in [0.2, 0.25) is 5.02 Å². The summed E-state index contributed by atoms with van der Waals surface area (Å²) in [4.78, 5) is 6.79. The second-order valence-electron chi connectivity index (χ2n) is 4.95. The fraction of sp³-hybridized carbons (Fsp3) is 0.188. The van der Waals surface area contributed by atoms with E-state index in [1.807, 2.05) is 55.6 Å². The monoisotopic (exact) mass is 285 g/mol. The number of aliphatic imine (C=N–C) groups is 1. The van der Waals surface area contributed by atoms with Crippen LogP contribution in [-0.4, -0.2) is 25.5 Å². The van der Waals surface area contributed by atoms with Crippen molar-refractivity contribution < 1.29 is 0 Å². The Hall–Kier alpha value is -1.84. The van der Waals surface area contributed by atoms with Gasteiger partial charge in [0.05, 0.1) is 12.3 Å². The van der Waals surface area contributed by atoms with Crippen LogP contribution in [0.3, 0.4) is 0 Å². The second kappa shape index (κ2) is 5.27. The third-order valence-electron chi connectivity index (χ3n) is 3.43. The molecular formula is C16H16ClN3. The molecule has 0 radical (unpaired) electrons. The molecule has 0 bridgehead atoms. The van der Waals surface area contributed by atoms with Gasteiger partial charge in [-0.05, 0) is 18.2 Å². The Morgan fingerprint density at radius 2 is 1.95 bits per heavy atom. The number of nitrogens with zero attached hydrogens (tertiary/aromatic N) is 2. The van der Waals surface area contributed by atoms with Gasteiger partial charge in [-0.25, -0.2) is 0 Å². The first-order valence-corrected chi connectivity index (χ1v) is 6.93. The Balaban J connectivity index is 2.22. The number of benzene rings is 2. The lowest BCUT2D eigenvalue weighted by Crippen LogP contribution is -2.32. The Morgan fingerprint density at radius 3 is 2.70 bits per heavy atom. The third-order valence-corrected chi connectivity index (χ3v) is 3.66. The first kappa shape index (κ1) is 13.2. The molecule has 0 saturated heterocycles. The zero-order chi connectivity index (χ0) is 14.1. The molecule has 2 N–H and O–H groups in total. The van der Waals surface area contributed by atoms with Crippen molar-refractivity contribution in [3.63, 3.8) is 0 Å². The van der Waals surface area contributed by atoms with E-state index in [0.29, 0.717) is 11.6 Å². The zero-order valence-electron chi connectivity index (χ0n) is 11.3. The molecule has 4 heteroatoms. The highest BCUT2D eigenvalue weighted by Crippen LogP contribution is 2.28. The second-order valence-corrected chi connectivity index (χ2v) is 5.39. The summed E-state index contributed by atoms with van der Waals surface area (Å²) in [6.07, 6.45) is -0.249. The Morgan fingerprint density at radius 1 is 1.20 bits per heavy atom. The highest BCUT2D eigenvalue weighted by Gasteiger charge is 2.21.